The number of nitrogens with one attached hydrogen (secondary N) is 2. The lowest BCUT2D eigenvalue weighted by Gasteiger charge is -2.31. The molecule has 4 nitrogen and oxygen atoms in total. The minimum atomic E-state index is -0.973. The molecule has 2 aliphatic heterocycles. The summed E-state index contributed by atoms with van der Waals surface area (Å²) >= 11 is -0.973. The number of hydrogen-bond donors (Lipinski definition) is 2. The third-order valence-electron chi connectivity index (χ3n) is 6.03. The highest BCUT2D eigenvalue weighted by Gasteiger charge is 2.41. The molecule has 3 unspecified atom stereocenters. The third kappa shape index (κ3) is 3.91. The molecule has 1 aromatic carbocycles. The maximum absolute atomic E-state index is 12.8. The molecule has 0 aromatic heterocycles. The van der Waals surface area contributed by atoms with Crippen molar-refractivity contribution in [1.82, 2.24) is 10.6 Å². The SMILES string of the molecule is CC(C)(C)[S+]([O-])N1CCc2cc(C3CC3NCC3CCNCC3)ccc21. The Balaban J connectivity index is 1.35. The van der Waals surface area contributed by atoms with Gasteiger partial charge in [-0.2, -0.15) is 4.31 Å². The number of benzene rings is 1. The molecule has 1 aromatic rings. The summed E-state index contributed by atoms with van der Waals surface area (Å²) in [7, 11) is 0. The van der Waals surface area contributed by atoms with E-state index in [9.17, 15) is 4.55 Å². The van der Waals surface area contributed by atoms with Gasteiger partial charge in [-0.25, -0.2) is 0 Å². The summed E-state index contributed by atoms with van der Waals surface area (Å²) in [6, 6.07) is 7.52. The second-order valence-corrected chi connectivity index (χ2v) is 11.3. The Hall–Kier alpha value is -0.750. The normalized spacial score (nSPS) is 27.5. The summed E-state index contributed by atoms with van der Waals surface area (Å²) in [6.07, 6.45) is 4.90. The Morgan fingerprint density at radius 3 is 2.77 bits per heavy atom. The standard InChI is InChI=1S/C21H33N3OS/c1-21(2,3)26(25)24-11-8-17-12-16(4-5-20(17)24)18-13-19(18)23-14-15-6-9-22-10-7-15/h4-5,12,15,18-19,22-23H,6-11,13-14H2,1-3H3. The van der Waals surface area contributed by atoms with Gasteiger partial charge in [0.25, 0.3) is 0 Å². The van der Waals surface area contributed by atoms with E-state index in [1.54, 1.807) is 0 Å². The van der Waals surface area contributed by atoms with Crippen LogP contribution < -0.4 is 14.9 Å². The fourth-order valence-electron chi connectivity index (χ4n) is 4.32. The molecule has 1 aliphatic carbocycles. The molecule has 3 aliphatic rings. The fourth-order valence-corrected chi connectivity index (χ4v) is 5.59. The van der Waals surface area contributed by atoms with Crippen molar-refractivity contribution in [3.8, 4) is 0 Å². The Labute approximate surface area is 161 Å². The van der Waals surface area contributed by atoms with Crippen LogP contribution in [0.25, 0.3) is 0 Å². The van der Waals surface area contributed by atoms with Gasteiger partial charge in [-0.1, -0.05) is 12.1 Å². The monoisotopic (exact) mass is 375 g/mol. The van der Waals surface area contributed by atoms with Crippen molar-refractivity contribution in [1.29, 1.82) is 0 Å². The molecule has 1 saturated carbocycles. The first-order valence-corrected chi connectivity index (χ1v) is 11.3. The van der Waals surface area contributed by atoms with Crippen molar-refractivity contribution in [2.24, 2.45) is 5.92 Å². The van der Waals surface area contributed by atoms with Gasteiger partial charge < -0.3 is 15.2 Å². The summed E-state index contributed by atoms with van der Waals surface area (Å²) in [5.41, 5.74) is 4.03. The molecule has 1 saturated heterocycles. The second-order valence-electron chi connectivity index (χ2n) is 9.15. The van der Waals surface area contributed by atoms with Gasteiger partial charge >= 0.3 is 0 Å². The fraction of sp³-hybridized carbons (Fsp3) is 0.714. The average Bonchev–Trinajstić information content (AvgIpc) is 3.29. The van der Waals surface area contributed by atoms with E-state index >= 15 is 0 Å². The molecular formula is C21H33N3OS. The van der Waals surface area contributed by atoms with Crippen LogP contribution in [0, 0.1) is 5.92 Å². The number of piperidine rings is 1. The lowest BCUT2D eigenvalue weighted by Crippen LogP contribution is -2.42. The van der Waals surface area contributed by atoms with Crippen molar-refractivity contribution in [2.75, 3.05) is 30.5 Å². The number of anilines is 1. The van der Waals surface area contributed by atoms with Crippen LogP contribution in [0.15, 0.2) is 18.2 Å². The van der Waals surface area contributed by atoms with Gasteiger partial charge in [-0.15, -0.1) is 0 Å². The molecule has 2 heterocycles. The van der Waals surface area contributed by atoms with E-state index in [0.717, 1.165) is 18.9 Å². The van der Waals surface area contributed by atoms with Gasteiger partial charge in [0.15, 0.2) is 0 Å². The molecule has 4 rings (SSSR count). The van der Waals surface area contributed by atoms with Gasteiger partial charge in [-0.05, 0) is 89.2 Å². The summed E-state index contributed by atoms with van der Waals surface area (Å²) < 4.78 is 14.7. The van der Waals surface area contributed by atoms with Gasteiger partial charge in [0.05, 0.1) is 23.6 Å². The minimum absolute atomic E-state index is 0.208. The molecule has 2 N–H and O–H groups in total. The molecule has 2 fully saturated rings. The van der Waals surface area contributed by atoms with Crippen LogP contribution in [0.4, 0.5) is 5.69 Å². The van der Waals surface area contributed by atoms with E-state index in [0.29, 0.717) is 12.0 Å². The number of hydrogen-bond acceptors (Lipinski definition) is 4. The summed E-state index contributed by atoms with van der Waals surface area (Å²) in [5.74, 6) is 1.52. The highest BCUT2D eigenvalue weighted by Crippen LogP contribution is 2.44. The maximum Gasteiger partial charge on any atom is 0.142 e. The van der Waals surface area contributed by atoms with E-state index in [1.165, 1.54) is 55.7 Å². The first-order valence-electron chi connectivity index (χ1n) is 10.2. The van der Waals surface area contributed by atoms with E-state index in [4.69, 9.17) is 0 Å². The van der Waals surface area contributed by atoms with Gasteiger partial charge in [0.2, 0.25) is 0 Å². The smallest absolute Gasteiger partial charge is 0.142 e. The van der Waals surface area contributed by atoms with Crippen LogP contribution in [0.5, 0.6) is 0 Å². The first-order chi connectivity index (χ1) is 12.4. The highest BCUT2D eigenvalue weighted by molar-refractivity contribution is 7.94. The predicted octanol–water partition coefficient (Wildman–Crippen LogP) is 2.96. The quantitative estimate of drug-likeness (QED) is 0.777. The molecule has 5 heteroatoms. The summed E-state index contributed by atoms with van der Waals surface area (Å²) in [4.78, 5) is 0. The number of fused-ring (bicyclic) bond motifs is 1. The van der Waals surface area contributed by atoms with Gasteiger partial charge in [0.1, 0.15) is 4.75 Å². The molecule has 0 radical (unpaired) electrons. The Morgan fingerprint density at radius 2 is 2.04 bits per heavy atom. The molecule has 0 spiro atoms. The second kappa shape index (κ2) is 7.34. The van der Waals surface area contributed by atoms with Crippen LogP contribution in [0.1, 0.15) is 57.1 Å². The van der Waals surface area contributed by atoms with Crippen molar-refractivity contribution in [3.63, 3.8) is 0 Å². The molecule has 0 bridgehead atoms. The summed E-state index contributed by atoms with van der Waals surface area (Å²) in [5, 5.41) is 7.25. The van der Waals surface area contributed by atoms with Gasteiger partial charge in [-0.3, -0.25) is 0 Å². The van der Waals surface area contributed by atoms with Crippen molar-refractivity contribution >= 4 is 17.0 Å². The zero-order chi connectivity index (χ0) is 18.3. The largest absolute Gasteiger partial charge is 0.593 e. The van der Waals surface area contributed by atoms with Crippen LogP contribution in [0.3, 0.4) is 0 Å². The van der Waals surface area contributed by atoms with Crippen LogP contribution in [-0.2, 0) is 17.8 Å². The van der Waals surface area contributed by atoms with Crippen molar-refractivity contribution < 1.29 is 4.55 Å². The highest BCUT2D eigenvalue weighted by atomic mass is 32.2. The molecule has 144 valence electrons. The number of nitrogens with zero attached hydrogens (tertiary/aromatic N) is 1. The van der Waals surface area contributed by atoms with E-state index in [-0.39, 0.29) is 4.75 Å². The van der Waals surface area contributed by atoms with Crippen molar-refractivity contribution in [2.45, 2.75) is 63.2 Å². The molecule has 0 amide bonds. The predicted molar refractivity (Wildman–Crippen MR) is 110 cm³/mol. The minimum Gasteiger partial charge on any atom is -0.593 e. The molecule has 26 heavy (non-hydrogen) atoms. The number of rotatable bonds is 5. The van der Waals surface area contributed by atoms with Crippen molar-refractivity contribution in [3.05, 3.63) is 29.3 Å². The maximum atomic E-state index is 12.8. The molecular weight excluding hydrogens is 342 g/mol. The zero-order valence-electron chi connectivity index (χ0n) is 16.4. The van der Waals surface area contributed by atoms with Crippen LogP contribution in [-0.4, -0.2) is 41.5 Å². The topological polar surface area (TPSA) is 50.4 Å². The van der Waals surface area contributed by atoms with Crippen LogP contribution in [0.2, 0.25) is 0 Å². The van der Waals surface area contributed by atoms with E-state index in [1.807, 2.05) is 0 Å². The average molecular weight is 376 g/mol. The third-order valence-corrected chi connectivity index (χ3v) is 7.85. The zero-order valence-corrected chi connectivity index (χ0v) is 17.2. The molecule has 3 atom stereocenters. The van der Waals surface area contributed by atoms with E-state index in [2.05, 4.69) is 53.9 Å². The Bertz CT molecular complexity index is 639. The summed E-state index contributed by atoms with van der Waals surface area (Å²) in [6.45, 7) is 10.6. The van der Waals surface area contributed by atoms with Crippen LogP contribution >= 0.6 is 0 Å². The Kier molecular flexibility index (Phi) is 5.26. The lowest BCUT2D eigenvalue weighted by atomic mass is 9.98. The Morgan fingerprint density at radius 1 is 1.27 bits per heavy atom. The van der Waals surface area contributed by atoms with E-state index < -0.39 is 11.4 Å². The van der Waals surface area contributed by atoms with Gasteiger partial charge in [0, 0.05) is 12.0 Å². The lowest BCUT2D eigenvalue weighted by molar-refractivity contribution is 0.355. The first kappa shape index (κ1) is 18.6.